The van der Waals surface area contributed by atoms with Crippen molar-refractivity contribution in [3.05, 3.63) is 66.8 Å². The van der Waals surface area contributed by atoms with Crippen molar-refractivity contribution < 1.29 is 4.79 Å². The van der Waals surface area contributed by atoms with Crippen molar-refractivity contribution in [2.75, 3.05) is 5.32 Å². The van der Waals surface area contributed by atoms with Crippen molar-refractivity contribution in [1.29, 1.82) is 5.26 Å². The zero-order valence-corrected chi connectivity index (χ0v) is 22.2. The van der Waals surface area contributed by atoms with Crippen LogP contribution in [-0.2, 0) is 17.9 Å². The van der Waals surface area contributed by atoms with Gasteiger partial charge in [-0.2, -0.15) is 5.26 Å². The molecule has 0 spiro atoms. The van der Waals surface area contributed by atoms with Crippen LogP contribution >= 0.6 is 35.6 Å². The normalized spacial score (nSPS) is 17.4. The van der Waals surface area contributed by atoms with E-state index in [9.17, 15) is 14.9 Å². The first-order chi connectivity index (χ1) is 16.9. The van der Waals surface area contributed by atoms with E-state index in [0.717, 1.165) is 31.2 Å². The number of aromatic nitrogens is 1. The second-order valence-electron chi connectivity index (χ2n) is 8.77. The minimum Gasteiger partial charge on any atom is -0.367 e. The maximum Gasteiger partial charge on any atom is 0.270 e. The number of hydrogen-bond donors (Lipinski definition) is 1. The number of anilines is 1. The van der Waals surface area contributed by atoms with E-state index in [1.54, 1.807) is 22.5 Å². The first-order valence-corrected chi connectivity index (χ1v) is 13.4. The molecule has 1 saturated carbocycles. The van der Waals surface area contributed by atoms with Crippen LogP contribution in [0.3, 0.4) is 0 Å². The van der Waals surface area contributed by atoms with Crippen LogP contribution in [0.1, 0.15) is 61.3 Å². The maximum atomic E-state index is 13.4. The Kier molecular flexibility index (Phi) is 8.00. The molecule has 35 heavy (non-hydrogen) atoms. The van der Waals surface area contributed by atoms with E-state index in [2.05, 4.69) is 11.4 Å². The fourth-order valence-corrected chi connectivity index (χ4v) is 6.28. The molecule has 1 aromatic carbocycles. The molecule has 1 saturated heterocycles. The summed E-state index contributed by atoms with van der Waals surface area (Å²) in [5.74, 6) is 0.467. The van der Waals surface area contributed by atoms with Gasteiger partial charge in [0.15, 0.2) is 0 Å². The van der Waals surface area contributed by atoms with Gasteiger partial charge in [0.25, 0.3) is 11.5 Å². The molecule has 182 valence electrons. The Hall–Kier alpha value is -2.60. The second kappa shape index (κ2) is 11.0. The molecule has 0 atom stereocenters. The zero-order valence-electron chi connectivity index (χ0n) is 19.8. The Morgan fingerprint density at radius 2 is 2.00 bits per heavy atom. The van der Waals surface area contributed by atoms with Gasteiger partial charge >= 0.3 is 0 Å². The molecular weight excluding hydrogens is 500 g/mol. The third-order valence-electron chi connectivity index (χ3n) is 6.52. The van der Waals surface area contributed by atoms with Gasteiger partial charge in [0.2, 0.25) is 0 Å². The fourth-order valence-electron chi connectivity index (χ4n) is 4.70. The van der Waals surface area contributed by atoms with Crippen LogP contribution in [0.4, 0.5) is 5.82 Å². The highest BCUT2D eigenvalue weighted by Crippen LogP contribution is 2.39. The number of nitrogens with one attached hydrogen (secondary N) is 1. The number of thiocarbonyl (C=S) groups is 1. The third kappa shape index (κ3) is 5.04. The van der Waals surface area contributed by atoms with E-state index in [-0.39, 0.29) is 23.1 Å². The molecule has 2 aromatic rings. The standard InChI is InChI=1S/C26H27ClN4O2S2/c1-3-12-30-23(29-15-17-8-4-7-11-21(17)27)19(16(2)20(14-28)24(30)32)13-22-25(33)31(26(34)35-22)18-9-5-6-10-18/h4,7-8,11,13,18,29H,3,5-6,9-10,12,15H2,1-2H3/b22-13+. The SMILES string of the molecule is CCCn1c(NCc2ccccc2Cl)c(/C=C2/SC(=S)N(C3CCCC3)C2=O)c(C)c(C#N)c1=O. The highest BCUT2D eigenvalue weighted by Gasteiger charge is 2.38. The quantitative estimate of drug-likeness (QED) is 0.360. The average Bonchev–Trinajstić information content (AvgIpc) is 3.45. The molecule has 0 radical (unpaired) electrons. The molecule has 2 heterocycles. The zero-order chi connectivity index (χ0) is 25.1. The van der Waals surface area contributed by atoms with Gasteiger partial charge < -0.3 is 5.32 Å². The number of nitrogens with zero attached hydrogens (tertiary/aromatic N) is 3. The summed E-state index contributed by atoms with van der Waals surface area (Å²) < 4.78 is 2.16. The number of rotatable bonds is 7. The van der Waals surface area contributed by atoms with Crippen LogP contribution in [-0.4, -0.2) is 25.7 Å². The molecule has 1 aromatic heterocycles. The predicted molar refractivity (Wildman–Crippen MR) is 146 cm³/mol. The molecule has 6 nitrogen and oxygen atoms in total. The third-order valence-corrected chi connectivity index (χ3v) is 8.21. The van der Waals surface area contributed by atoms with Gasteiger partial charge in [0, 0.05) is 29.7 Å². The minimum absolute atomic E-state index is 0.0827. The second-order valence-corrected chi connectivity index (χ2v) is 10.8. The summed E-state index contributed by atoms with van der Waals surface area (Å²) in [6.45, 7) is 4.55. The summed E-state index contributed by atoms with van der Waals surface area (Å²) in [5, 5.41) is 13.8. The summed E-state index contributed by atoms with van der Waals surface area (Å²) >= 11 is 13.2. The van der Waals surface area contributed by atoms with E-state index in [1.165, 1.54) is 11.8 Å². The van der Waals surface area contributed by atoms with E-state index in [0.29, 0.717) is 50.7 Å². The fraction of sp³-hybridized carbons (Fsp3) is 0.385. The number of thioether (sulfide) groups is 1. The summed E-state index contributed by atoms with van der Waals surface area (Å²) in [7, 11) is 0. The predicted octanol–water partition coefficient (Wildman–Crippen LogP) is 5.85. The number of carbonyl (C=O) groups excluding carboxylic acids is 1. The Balaban J connectivity index is 1.82. The largest absolute Gasteiger partial charge is 0.367 e. The molecule has 0 bridgehead atoms. The van der Waals surface area contributed by atoms with Crippen molar-refractivity contribution in [3.63, 3.8) is 0 Å². The Labute approximate surface area is 220 Å². The van der Waals surface area contributed by atoms with Crippen molar-refractivity contribution in [2.45, 2.75) is 65.1 Å². The number of hydrogen-bond acceptors (Lipinski definition) is 6. The first kappa shape index (κ1) is 25.5. The molecule has 4 rings (SSSR count). The molecule has 1 N–H and O–H groups in total. The van der Waals surface area contributed by atoms with E-state index < -0.39 is 0 Å². The van der Waals surface area contributed by atoms with Gasteiger partial charge in [0.05, 0.1) is 4.91 Å². The molecule has 9 heteroatoms. The Morgan fingerprint density at radius 3 is 2.66 bits per heavy atom. The van der Waals surface area contributed by atoms with Crippen molar-refractivity contribution in [2.24, 2.45) is 0 Å². The molecular formula is C26H27ClN4O2S2. The smallest absolute Gasteiger partial charge is 0.270 e. The first-order valence-electron chi connectivity index (χ1n) is 11.8. The van der Waals surface area contributed by atoms with Crippen LogP contribution in [0.5, 0.6) is 0 Å². The van der Waals surface area contributed by atoms with E-state index >= 15 is 0 Å². The summed E-state index contributed by atoms with van der Waals surface area (Å²) in [6.07, 6.45) is 6.61. The van der Waals surface area contributed by atoms with Gasteiger partial charge in [-0.05, 0) is 49.5 Å². The van der Waals surface area contributed by atoms with Gasteiger partial charge in [-0.25, -0.2) is 0 Å². The maximum absolute atomic E-state index is 13.4. The van der Waals surface area contributed by atoms with Crippen molar-refractivity contribution >= 4 is 57.7 Å². The van der Waals surface area contributed by atoms with E-state index in [1.807, 2.05) is 31.2 Å². The molecule has 2 fully saturated rings. The molecule has 1 aliphatic carbocycles. The number of pyridine rings is 1. The lowest BCUT2D eigenvalue weighted by molar-refractivity contribution is -0.123. The van der Waals surface area contributed by atoms with Gasteiger partial charge in [0.1, 0.15) is 21.8 Å². The van der Waals surface area contributed by atoms with Crippen molar-refractivity contribution in [3.8, 4) is 6.07 Å². The lowest BCUT2D eigenvalue weighted by Gasteiger charge is -2.22. The van der Waals surface area contributed by atoms with Crippen LogP contribution in [0, 0.1) is 18.3 Å². The van der Waals surface area contributed by atoms with E-state index in [4.69, 9.17) is 23.8 Å². The Morgan fingerprint density at radius 1 is 1.29 bits per heavy atom. The van der Waals surface area contributed by atoms with Gasteiger partial charge in [-0.15, -0.1) is 0 Å². The average molecular weight is 527 g/mol. The Bertz CT molecular complexity index is 1310. The van der Waals surface area contributed by atoms with Crippen LogP contribution in [0.15, 0.2) is 34.0 Å². The number of benzene rings is 1. The summed E-state index contributed by atoms with van der Waals surface area (Å²) in [6, 6.07) is 9.72. The van der Waals surface area contributed by atoms with Crippen LogP contribution < -0.4 is 10.9 Å². The lowest BCUT2D eigenvalue weighted by Crippen LogP contribution is -2.36. The number of carbonyl (C=O) groups is 1. The summed E-state index contributed by atoms with van der Waals surface area (Å²) in [4.78, 5) is 28.8. The molecule has 1 aliphatic heterocycles. The van der Waals surface area contributed by atoms with Crippen LogP contribution in [0.2, 0.25) is 5.02 Å². The topological polar surface area (TPSA) is 78.1 Å². The highest BCUT2D eigenvalue weighted by atomic mass is 35.5. The molecule has 2 aliphatic rings. The van der Waals surface area contributed by atoms with Crippen molar-refractivity contribution in [1.82, 2.24) is 9.47 Å². The number of nitriles is 1. The van der Waals surface area contributed by atoms with Gasteiger partial charge in [-0.3, -0.25) is 19.1 Å². The lowest BCUT2D eigenvalue weighted by atomic mass is 10.0. The molecule has 1 amide bonds. The molecule has 0 unspecified atom stereocenters. The summed E-state index contributed by atoms with van der Waals surface area (Å²) in [5.41, 5.74) is 1.81. The minimum atomic E-state index is -0.343. The number of halogens is 1. The monoisotopic (exact) mass is 526 g/mol. The van der Waals surface area contributed by atoms with Crippen LogP contribution in [0.25, 0.3) is 6.08 Å². The van der Waals surface area contributed by atoms with Gasteiger partial charge in [-0.1, -0.05) is 73.5 Å². The highest BCUT2D eigenvalue weighted by molar-refractivity contribution is 8.26. The number of amides is 1.